The van der Waals surface area contributed by atoms with E-state index in [9.17, 15) is 9.59 Å². The molecule has 0 saturated heterocycles. The van der Waals surface area contributed by atoms with Crippen LogP contribution in [-0.2, 0) is 9.59 Å². The highest BCUT2D eigenvalue weighted by Gasteiger charge is 2.26. The summed E-state index contributed by atoms with van der Waals surface area (Å²) in [7, 11) is 0. The van der Waals surface area contributed by atoms with Crippen molar-refractivity contribution in [2.75, 3.05) is 11.1 Å². The van der Waals surface area contributed by atoms with Gasteiger partial charge in [0.1, 0.15) is 0 Å². The second kappa shape index (κ2) is 7.36. The molecule has 0 bridgehead atoms. The number of rotatable bonds is 6. The maximum Gasteiger partial charge on any atom is 0.306 e. The molecule has 1 saturated carbocycles. The number of hydrogen-bond donors (Lipinski definition) is 3. The van der Waals surface area contributed by atoms with E-state index in [2.05, 4.69) is 5.32 Å². The summed E-state index contributed by atoms with van der Waals surface area (Å²) in [4.78, 5) is 22.9. The van der Waals surface area contributed by atoms with Crippen molar-refractivity contribution in [3.05, 3.63) is 24.3 Å². The Morgan fingerprint density at radius 2 is 1.90 bits per heavy atom. The smallest absolute Gasteiger partial charge is 0.306 e. The van der Waals surface area contributed by atoms with Gasteiger partial charge in [0.25, 0.3) is 0 Å². The number of anilines is 1. The van der Waals surface area contributed by atoms with Gasteiger partial charge in [-0.15, -0.1) is 11.8 Å². The van der Waals surface area contributed by atoms with E-state index in [0.29, 0.717) is 12.8 Å². The molecule has 21 heavy (non-hydrogen) atoms. The molecule has 1 amide bonds. The first-order valence-electron chi connectivity index (χ1n) is 7.05. The number of nitrogens with one attached hydrogen (secondary N) is 1. The topological polar surface area (TPSA) is 92.4 Å². The van der Waals surface area contributed by atoms with Crippen molar-refractivity contribution in [1.82, 2.24) is 0 Å². The zero-order chi connectivity index (χ0) is 15.2. The van der Waals surface area contributed by atoms with E-state index in [1.165, 1.54) is 11.8 Å². The van der Waals surface area contributed by atoms with Gasteiger partial charge in [0.2, 0.25) is 5.91 Å². The fraction of sp³-hybridized carbons (Fsp3) is 0.467. The van der Waals surface area contributed by atoms with Crippen molar-refractivity contribution in [3.63, 3.8) is 0 Å². The Balaban J connectivity index is 1.94. The number of thioether (sulfide) groups is 1. The minimum Gasteiger partial charge on any atom is -0.481 e. The summed E-state index contributed by atoms with van der Waals surface area (Å²) in [5, 5.41) is 12.5. The van der Waals surface area contributed by atoms with Crippen LogP contribution in [0.2, 0.25) is 0 Å². The van der Waals surface area contributed by atoms with Gasteiger partial charge in [-0.2, -0.15) is 0 Å². The zero-order valence-corrected chi connectivity index (χ0v) is 12.6. The minimum atomic E-state index is -0.689. The van der Waals surface area contributed by atoms with E-state index >= 15 is 0 Å². The molecule has 4 N–H and O–H groups in total. The van der Waals surface area contributed by atoms with Crippen LogP contribution < -0.4 is 11.1 Å². The van der Waals surface area contributed by atoms with Crippen LogP contribution in [0.4, 0.5) is 5.69 Å². The summed E-state index contributed by atoms with van der Waals surface area (Å²) in [6, 6.07) is 8.09. The Hall–Kier alpha value is -1.69. The van der Waals surface area contributed by atoms with Crippen LogP contribution in [-0.4, -0.2) is 28.8 Å². The Morgan fingerprint density at radius 3 is 2.52 bits per heavy atom. The molecule has 6 heteroatoms. The highest BCUT2D eigenvalue weighted by Crippen LogP contribution is 2.31. The summed E-state index contributed by atoms with van der Waals surface area (Å²) in [5.74, 6) is -0.977. The average Bonchev–Trinajstić information content (AvgIpc) is 2.47. The lowest BCUT2D eigenvalue weighted by Crippen LogP contribution is -2.29. The molecular weight excluding hydrogens is 288 g/mol. The molecule has 5 nitrogen and oxygen atoms in total. The molecular formula is C15H20N2O3S. The van der Waals surface area contributed by atoms with E-state index < -0.39 is 5.97 Å². The summed E-state index contributed by atoms with van der Waals surface area (Å²) in [6.45, 7) is 0. The number of hydrogen-bond acceptors (Lipinski definition) is 4. The van der Waals surface area contributed by atoms with Crippen LogP contribution in [0.1, 0.15) is 25.7 Å². The van der Waals surface area contributed by atoms with E-state index in [4.69, 9.17) is 10.8 Å². The standard InChI is InChI=1S/C15H20N2O3S/c16-14(18)9-21-13-4-2-1-3-12(13)17-11-7-5-10(6-8-11)15(19)20/h1-4,10-11,17H,5-9H2,(H2,16,18)(H,19,20). The fourth-order valence-corrected chi connectivity index (χ4v) is 3.32. The van der Waals surface area contributed by atoms with Gasteiger partial charge in [0.15, 0.2) is 0 Å². The van der Waals surface area contributed by atoms with Crippen molar-refractivity contribution in [3.8, 4) is 0 Å². The number of carboxylic acids is 1. The third kappa shape index (κ3) is 4.67. The Kier molecular flexibility index (Phi) is 5.50. The van der Waals surface area contributed by atoms with Crippen molar-refractivity contribution < 1.29 is 14.7 Å². The molecule has 1 aromatic rings. The number of carboxylic acid groups (broad SMARTS) is 1. The maximum absolute atomic E-state index is 11.0. The molecule has 1 aliphatic carbocycles. The maximum atomic E-state index is 11.0. The molecule has 114 valence electrons. The molecule has 1 fully saturated rings. The fourth-order valence-electron chi connectivity index (χ4n) is 2.57. The zero-order valence-electron chi connectivity index (χ0n) is 11.7. The second-order valence-corrected chi connectivity index (χ2v) is 6.30. The number of benzene rings is 1. The highest BCUT2D eigenvalue weighted by molar-refractivity contribution is 8.00. The van der Waals surface area contributed by atoms with Crippen LogP contribution >= 0.6 is 11.8 Å². The lowest BCUT2D eigenvalue weighted by atomic mass is 9.86. The predicted octanol–water partition coefficient (Wildman–Crippen LogP) is 2.32. The summed E-state index contributed by atoms with van der Waals surface area (Å²) in [5.41, 5.74) is 6.17. The first kappa shape index (κ1) is 15.7. The SMILES string of the molecule is NC(=O)CSc1ccccc1NC1CCC(C(=O)O)CC1. The van der Waals surface area contributed by atoms with Crippen LogP contribution in [0.5, 0.6) is 0 Å². The molecule has 0 atom stereocenters. The average molecular weight is 308 g/mol. The molecule has 0 aromatic heterocycles. The van der Waals surface area contributed by atoms with Crippen LogP contribution in [0, 0.1) is 5.92 Å². The third-order valence-electron chi connectivity index (χ3n) is 3.69. The largest absolute Gasteiger partial charge is 0.481 e. The lowest BCUT2D eigenvalue weighted by Gasteiger charge is -2.28. The van der Waals surface area contributed by atoms with Gasteiger partial charge < -0.3 is 16.2 Å². The number of carbonyl (C=O) groups excluding carboxylic acids is 1. The summed E-state index contributed by atoms with van der Waals surface area (Å²) < 4.78 is 0. The molecule has 1 aliphatic rings. The van der Waals surface area contributed by atoms with E-state index in [1.54, 1.807) is 0 Å². The summed E-state index contributed by atoms with van der Waals surface area (Å²) >= 11 is 1.42. The third-order valence-corrected chi connectivity index (χ3v) is 4.79. The Labute approximate surface area is 128 Å². The molecule has 2 rings (SSSR count). The number of amides is 1. The van der Waals surface area contributed by atoms with Gasteiger partial charge in [-0.3, -0.25) is 9.59 Å². The quantitative estimate of drug-likeness (QED) is 0.701. The van der Waals surface area contributed by atoms with Crippen molar-refractivity contribution in [1.29, 1.82) is 0 Å². The number of carbonyl (C=O) groups is 2. The van der Waals surface area contributed by atoms with Crippen molar-refractivity contribution >= 4 is 29.3 Å². The number of aliphatic carboxylic acids is 1. The van der Waals surface area contributed by atoms with Gasteiger partial charge in [-0.05, 0) is 37.8 Å². The van der Waals surface area contributed by atoms with Crippen molar-refractivity contribution in [2.24, 2.45) is 11.7 Å². The van der Waals surface area contributed by atoms with Gasteiger partial charge >= 0.3 is 5.97 Å². The molecule has 0 heterocycles. The normalized spacial score (nSPS) is 21.7. The first-order valence-corrected chi connectivity index (χ1v) is 8.04. The monoisotopic (exact) mass is 308 g/mol. The van der Waals surface area contributed by atoms with E-state index in [-0.39, 0.29) is 23.6 Å². The van der Waals surface area contributed by atoms with Gasteiger partial charge in [0, 0.05) is 16.6 Å². The Morgan fingerprint density at radius 1 is 1.24 bits per heavy atom. The number of primary amides is 1. The van der Waals surface area contributed by atoms with Gasteiger partial charge in [-0.1, -0.05) is 12.1 Å². The molecule has 0 aliphatic heterocycles. The van der Waals surface area contributed by atoms with Crippen LogP contribution in [0.15, 0.2) is 29.2 Å². The lowest BCUT2D eigenvalue weighted by molar-refractivity contribution is -0.142. The van der Waals surface area contributed by atoms with E-state index in [1.807, 2.05) is 24.3 Å². The predicted molar refractivity (Wildman–Crippen MR) is 83.4 cm³/mol. The molecule has 0 radical (unpaired) electrons. The summed E-state index contributed by atoms with van der Waals surface area (Å²) in [6.07, 6.45) is 3.13. The first-order chi connectivity index (χ1) is 10.1. The molecule has 0 unspecified atom stereocenters. The minimum absolute atomic E-state index is 0.206. The van der Waals surface area contributed by atoms with Gasteiger partial charge in [-0.25, -0.2) is 0 Å². The number of para-hydroxylation sites is 1. The number of nitrogens with two attached hydrogens (primary N) is 1. The van der Waals surface area contributed by atoms with Crippen LogP contribution in [0.25, 0.3) is 0 Å². The van der Waals surface area contributed by atoms with E-state index in [0.717, 1.165) is 23.4 Å². The molecule has 1 aromatic carbocycles. The second-order valence-electron chi connectivity index (χ2n) is 5.28. The van der Waals surface area contributed by atoms with Crippen molar-refractivity contribution in [2.45, 2.75) is 36.6 Å². The molecule has 0 spiro atoms. The van der Waals surface area contributed by atoms with Gasteiger partial charge in [0.05, 0.1) is 11.7 Å². The Bertz CT molecular complexity index is 513. The highest BCUT2D eigenvalue weighted by atomic mass is 32.2. The van der Waals surface area contributed by atoms with Crippen LogP contribution in [0.3, 0.4) is 0 Å².